The van der Waals surface area contributed by atoms with Gasteiger partial charge in [0.15, 0.2) is 0 Å². The first kappa shape index (κ1) is 15.2. The molecule has 0 aromatic carbocycles. The van der Waals surface area contributed by atoms with Gasteiger partial charge < -0.3 is 20.5 Å². The molecular weight excluding hydrogens is 232 g/mol. The lowest BCUT2D eigenvalue weighted by Gasteiger charge is -2.35. The molecule has 3 unspecified atom stereocenters. The highest BCUT2D eigenvalue weighted by atomic mass is 16.6. The summed E-state index contributed by atoms with van der Waals surface area (Å²) < 4.78 is 10.5. The standard InChI is InChI=1S/C13H26N2O3/c1-13(2,3)18-12(16)15-11-7-10(14)6-5-9(11)8-17-4/h9-11H,5-8,14H2,1-4H3,(H,15,16). The molecule has 3 N–H and O–H groups in total. The first-order valence-corrected chi connectivity index (χ1v) is 6.56. The molecule has 1 fully saturated rings. The van der Waals surface area contributed by atoms with Gasteiger partial charge in [0.25, 0.3) is 0 Å². The summed E-state index contributed by atoms with van der Waals surface area (Å²) in [7, 11) is 1.68. The van der Waals surface area contributed by atoms with E-state index in [0.29, 0.717) is 12.5 Å². The number of carbonyl (C=O) groups is 1. The first-order valence-electron chi connectivity index (χ1n) is 6.56. The van der Waals surface area contributed by atoms with Crippen LogP contribution in [-0.2, 0) is 9.47 Å². The summed E-state index contributed by atoms with van der Waals surface area (Å²) in [6.45, 7) is 6.21. The van der Waals surface area contributed by atoms with Crippen LogP contribution in [0, 0.1) is 5.92 Å². The second kappa shape index (κ2) is 6.38. The molecule has 1 amide bonds. The minimum atomic E-state index is -0.475. The van der Waals surface area contributed by atoms with E-state index in [4.69, 9.17) is 15.2 Å². The molecule has 0 aromatic rings. The first-order chi connectivity index (χ1) is 8.31. The predicted octanol–water partition coefficient (Wildman–Crippen LogP) is 1.65. The van der Waals surface area contributed by atoms with Crippen LogP contribution in [0.2, 0.25) is 0 Å². The van der Waals surface area contributed by atoms with Crippen molar-refractivity contribution in [1.82, 2.24) is 5.32 Å². The molecule has 3 atom stereocenters. The van der Waals surface area contributed by atoms with Crippen molar-refractivity contribution in [3.8, 4) is 0 Å². The van der Waals surface area contributed by atoms with Gasteiger partial charge >= 0.3 is 6.09 Å². The Morgan fingerprint density at radius 3 is 2.61 bits per heavy atom. The van der Waals surface area contributed by atoms with Crippen LogP contribution in [0.3, 0.4) is 0 Å². The molecule has 18 heavy (non-hydrogen) atoms. The number of hydrogen-bond donors (Lipinski definition) is 2. The highest BCUT2D eigenvalue weighted by Gasteiger charge is 2.31. The van der Waals surface area contributed by atoms with Crippen LogP contribution < -0.4 is 11.1 Å². The van der Waals surface area contributed by atoms with Crippen LogP contribution in [0.4, 0.5) is 4.79 Å². The molecule has 1 rings (SSSR count). The molecule has 0 spiro atoms. The number of hydrogen-bond acceptors (Lipinski definition) is 4. The van der Waals surface area contributed by atoms with E-state index in [1.54, 1.807) is 7.11 Å². The van der Waals surface area contributed by atoms with Crippen LogP contribution in [0.15, 0.2) is 0 Å². The molecule has 0 saturated heterocycles. The van der Waals surface area contributed by atoms with Crippen molar-refractivity contribution < 1.29 is 14.3 Å². The molecule has 106 valence electrons. The highest BCUT2D eigenvalue weighted by Crippen LogP contribution is 2.24. The monoisotopic (exact) mass is 258 g/mol. The third kappa shape index (κ3) is 5.23. The fraction of sp³-hybridized carbons (Fsp3) is 0.923. The minimum Gasteiger partial charge on any atom is -0.444 e. The molecule has 0 aromatic heterocycles. The molecular formula is C13H26N2O3. The lowest BCUT2D eigenvalue weighted by atomic mass is 9.82. The smallest absolute Gasteiger partial charge is 0.407 e. The van der Waals surface area contributed by atoms with Crippen molar-refractivity contribution in [1.29, 1.82) is 0 Å². The molecule has 5 heteroatoms. The van der Waals surface area contributed by atoms with Crippen LogP contribution >= 0.6 is 0 Å². The van der Waals surface area contributed by atoms with Gasteiger partial charge in [-0.3, -0.25) is 0 Å². The number of rotatable bonds is 3. The van der Waals surface area contributed by atoms with Gasteiger partial charge in [-0.25, -0.2) is 4.79 Å². The maximum atomic E-state index is 11.8. The lowest BCUT2D eigenvalue weighted by molar-refractivity contribution is 0.0416. The number of nitrogens with one attached hydrogen (secondary N) is 1. The number of alkyl carbamates (subject to hydrolysis) is 1. The van der Waals surface area contributed by atoms with Crippen molar-refractivity contribution in [2.45, 2.75) is 57.7 Å². The fourth-order valence-electron chi connectivity index (χ4n) is 2.32. The summed E-state index contributed by atoms with van der Waals surface area (Å²) in [4.78, 5) is 11.8. The van der Waals surface area contributed by atoms with Crippen LogP contribution in [0.1, 0.15) is 40.0 Å². The zero-order valence-corrected chi connectivity index (χ0v) is 11.9. The second-order valence-electron chi connectivity index (χ2n) is 6.04. The number of carbonyl (C=O) groups excluding carboxylic acids is 1. The van der Waals surface area contributed by atoms with E-state index in [2.05, 4.69) is 5.32 Å². The van der Waals surface area contributed by atoms with Crippen LogP contribution in [0.5, 0.6) is 0 Å². The Labute approximate surface area is 109 Å². The quantitative estimate of drug-likeness (QED) is 0.807. The predicted molar refractivity (Wildman–Crippen MR) is 70.4 cm³/mol. The average Bonchev–Trinajstić information content (AvgIpc) is 2.19. The van der Waals surface area contributed by atoms with Crippen LogP contribution in [-0.4, -0.2) is 37.5 Å². The van der Waals surface area contributed by atoms with Gasteiger partial charge in [-0.05, 0) is 40.0 Å². The third-order valence-corrected chi connectivity index (χ3v) is 3.12. The maximum absolute atomic E-state index is 11.8. The number of amides is 1. The third-order valence-electron chi connectivity index (χ3n) is 3.12. The number of nitrogens with two attached hydrogens (primary N) is 1. The molecule has 0 bridgehead atoms. The topological polar surface area (TPSA) is 73.6 Å². The van der Waals surface area contributed by atoms with E-state index < -0.39 is 5.60 Å². The Kier molecular flexibility index (Phi) is 5.41. The minimum absolute atomic E-state index is 0.0450. The summed E-state index contributed by atoms with van der Waals surface area (Å²) in [5.41, 5.74) is 5.48. The van der Waals surface area contributed by atoms with Crippen molar-refractivity contribution in [2.24, 2.45) is 11.7 Å². The Balaban J connectivity index is 2.52. The normalized spacial score (nSPS) is 28.8. The second-order valence-corrected chi connectivity index (χ2v) is 6.04. The Hall–Kier alpha value is -0.810. The zero-order valence-electron chi connectivity index (χ0n) is 11.9. The van der Waals surface area contributed by atoms with E-state index in [1.165, 1.54) is 0 Å². The Morgan fingerprint density at radius 1 is 1.39 bits per heavy atom. The molecule has 1 aliphatic carbocycles. The highest BCUT2D eigenvalue weighted by molar-refractivity contribution is 5.68. The Morgan fingerprint density at radius 2 is 2.06 bits per heavy atom. The van der Waals surface area contributed by atoms with Gasteiger partial charge in [0.05, 0.1) is 6.61 Å². The number of methoxy groups -OCH3 is 1. The van der Waals surface area contributed by atoms with Crippen molar-refractivity contribution >= 4 is 6.09 Å². The zero-order chi connectivity index (χ0) is 13.8. The molecule has 0 heterocycles. The van der Waals surface area contributed by atoms with Gasteiger partial charge in [-0.1, -0.05) is 0 Å². The molecule has 5 nitrogen and oxygen atoms in total. The fourth-order valence-corrected chi connectivity index (χ4v) is 2.32. The summed E-state index contributed by atoms with van der Waals surface area (Å²) in [5, 5.41) is 2.92. The van der Waals surface area contributed by atoms with Crippen LogP contribution in [0.25, 0.3) is 0 Å². The van der Waals surface area contributed by atoms with Crippen molar-refractivity contribution in [2.75, 3.05) is 13.7 Å². The SMILES string of the molecule is COCC1CCC(N)CC1NC(=O)OC(C)(C)C. The summed E-state index contributed by atoms with van der Waals surface area (Å²) in [6.07, 6.45) is 2.38. The maximum Gasteiger partial charge on any atom is 0.407 e. The summed E-state index contributed by atoms with van der Waals surface area (Å²) in [6, 6.07) is 0.196. The Bertz CT molecular complexity index is 276. The van der Waals surface area contributed by atoms with Gasteiger partial charge in [0, 0.05) is 25.1 Å². The van der Waals surface area contributed by atoms with Gasteiger partial charge in [-0.2, -0.15) is 0 Å². The molecule has 0 radical (unpaired) electrons. The number of ether oxygens (including phenoxy) is 2. The largest absolute Gasteiger partial charge is 0.444 e. The summed E-state index contributed by atoms with van der Waals surface area (Å²) in [5.74, 6) is 0.322. The van der Waals surface area contributed by atoms with E-state index in [0.717, 1.165) is 19.3 Å². The van der Waals surface area contributed by atoms with Gasteiger partial charge in [0.1, 0.15) is 5.60 Å². The van der Waals surface area contributed by atoms with E-state index in [9.17, 15) is 4.79 Å². The van der Waals surface area contributed by atoms with Crippen molar-refractivity contribution in [3.63, 3.8) is 0 Å². The molecule has 0 aliphatic heterocycles. The van der Waals surface area contributed by atoms with Crippen molar-refractivity contribution in [3.05, 3.63) is 0 Å². The average molecular weight is 258 g/mol. The molecule has 1 aliphatic rings. The van der Waals surface area contributed by atoms with E-state index in [-0.39, 0.29) is 18.2 Å². The van der Waals surface area contributed by atoms with E-state index >= 15 is 0 Å². The van der Waals surface area contributed by atoms with E-state index in [1.807, 2.05) is 20.8 Å². The molecule has 1 saturated carbocycles. The lowest BCUT2D eigenvalue weighted by Crippen LogP contribution is -2.49. The van der Waals surface area contributed by atoms with Gasteiger partial charge in [-0.15, -0.1) is 0 Å². The van der Waals surface area contributed by atoms with Gasteiger partial charge in [0.2, 0.25) is 0 Å². The summed E-state index contributed by atoms with van der Waals surface area (Å²) >= 11 is 0.